The molecule has 0 fully saturated rings. The van der Waals surface area contributed by atoms with Crippen LogP contribution in [0.1, 0.15) is 31.4 Å². The van der Waals surface area contributed by atoms with Crippen LogP contribution in [0.3, 0.4) is 0 Å². The highest BCUT2D eigenvalue weighted by atomic mass is 35.5. The Morgan fingerprint density at radius 1 is 1.04 bits per heavy atom. The van der Waals surface area contributed by atoms with E-state index < -0.39 is 0 Å². The summed E-state index contributed by atoms with van der Waals surface area (Å²) in [5, 5.41) is 7.54. The van der Waals surface area contributed by atoms with Gasteiger partial charge in [-0.05, 0) is 62.6 Å². The SMILES string of the molecule is CC[C@H](C)Nc1nc(Nc2c(C)cc(Cl)cc2C)cc(-c2ccncc2)n1. The zero-order valence-corrected chi connectivity index (χ0v) is 16.8. The van der Waals surface area contributed by atoms with Crippen molar-refractivity contribution in [2.75, 3.05) is 10.6 Å². The van der Waals surface area contributed by atoms with E-state index >= 15 is 0 Å². The first-order chi connectivity index (χ1) is 13.0. The summed E-state index contributed by atoms with van der Waals surface area (Å²) >= 11 is 6.16. The van der Waals surface area contributed by atoms with E-state index in [4.69, 9.17) is 11.6 Å². The summed E-state index contributed by atoms with van der Waals surface area (Å²) in [6.45, 7) is 8.31. The maximum atomic E-state index is 6.16. The van der Waals surface area contributed by atoms with Crippen molar-refractivity contribution in [1.29, 1.82) is 0 Å². The molecular weight excluding hydrogens is 358 g/mol. The fourth-order valence-corrected chi connectivity index (χ4v) is 3.13. The Morgan fingerprint density at radius 3 is 2.33 bits per heavy atom. The van der Waals surface area contributed by atoms with E-state index in [0.29, 0.717) is 5.95 Å². The summed E-state index contributed by atoms with van der Waals surface area (Å²) in [4.78, 5) is 13.4. The van der Waals surface area contributed by atoms with Gasteiger partial charge in [0.1, 0.15) is 5.82 Å². The standard InChI is InChI=1S/C21H24ClN5/c1-5-15(4)24-21-25-18(16-6-8-23-9-7-16)12-19(27-21)26-20-13(2)10-17(22)11-14(20)3/h6-12,15H,5H2,1-4H3,(H2,24,25,26,27)/t15-/m0/s1. The summed E-state index contributed by atoms with van der Waals surface area (Å²) in [7, 11) is 0. The molecular formula is C21H24ClN5. The highest BCUT2D eigenvalue weighted by molar-refractivity contribution is 6.30. The molecule has 3 aromatic rings. The molecule has 0 aliphatic carbocycles. The van der Waals surface area contributed by atoms with Gasteiger partial charge in [0.05, 0.1) is 5.69 Å². The first-order valence-electron chi connectivity index (χ1n) is 9.06. The Hall–Kier alpha value is -2.66. The molecule has 0 bridgehead atoms. The predicted octanol–water partition coefficient (Wildman–Crippen LogP) is 5.76. The average molecular weight is 382 g/mol. The van der Waals surface area contributed by atoms with Crippen LogP contribution < -0.4 is 10.6 Å². The summed E-state index contributed by atoms with van der Waals surface area (Å²) in [6, 6.07) is 10.0. The number of pyridine rings is 1. The normalized spacial score (nSPS) is 11.9. The average Bonchev–Trinajstić information content (AvgIpc) is 2.65. The Kier molecular flexibility index (Phi) is 5.91. The lowest BCUT2D eigenvalue weighted by Gasteiger charge is -2.16. The molecule has 27 heavy (non-hydrogen) atoms. The van der Waals surface area contributed by atoms with E-state index in [1.165, 1.54) is 0 Å². The lowest BCUT2D eigenvalue weighted by molar-refractivity contribution is 0.753. The van der Waals surface area contributed by atoms with Gasteiger partial charge in [0.25, 0.3) is 0 Å². The van der Waals surface area contributed by atoms with Crippen LogP contribution in [-0.2, 0) is 0 Å². The third-order valence-electron chi connectivity index (χ3n) is 4.44. The van der Waals surface area contributed by atoms with E-state index in [0.717, 1.165) is 45.3 Å². The van der Waals surface area contributed by atoms with Crippen LogP contribution in [0.25, 0.3) is 11.3 Å². The summed E-state index contributed by atoms with van der Waals surface area (Å²) in [6.07, 6.45) is 4.51. The second-order valence-corrected chi connectivity index (χ2v) is 7.13. The lowest BCUT2D eigenvalue weighted by atomic mass is 10.1. The van der Waals surface area contributed by atoms with Crippen LogP contribution >= 0.6 is 11.6 Å². The van der Waals surface area contributed by atoms with Gasteiger partial charge in [-0.2, -0.15) is 4.98 Å². The highest BCUT2D eigenvalue weighted by Gasteiger charge is 2.11. The van der Waals surface area contributed by atoms with Gasteiger partial charge in [0.15, 0.2) is 0 Å². The van der Waals surface area contributed by atoms with Gasteiger partial charge < -0.3 is 10.6 Å². The van der Waals surface area contributed by atoms with Gasteiger partial charge in [0, 0.05) is 40.8 Å². The number of hydrogen-bond donors (Lipinski definition) is 2. The number of halogens is 1. The minimum absolute atomic E-state index is 0.282. The Bertz CT molecular complexity index is 904. The van der Waals surface area contributed by atoms with Crippen molar-refractivity contribution >= 4 is 29.1 Å². The van der Waals surface area contributed by atoms with E-state index in [2.05, 4.69) is 39.4 Å². The van der Waals surface area contributed by atoms with Gasteiger partial charge in [-0.1, -0.05) is 18.5 Å². The van der Waals surface area contributed by atoms with Crippen molar-refractivity contribution in [1.82, 2.24) is 15.0 Å². The second kappa shape index (κ2) is 8.35. The third-order valence-corrected chi connectivity index (χ3v) is 4.66. The second-order valence-electron chi connectivity index (χ2n) is 6.69. The molecule has 0 saturated heterocycles. The van der Waals surface area contributed by atoms with Gasteiger partial charge in [-0.3, -0.25) is 4.98 Å². The van der Waals surface area contributed by atoms with Gasteiger partial charge in [-0.15, -0.1) is 0 Å². The van der Waals surface area contributed by atoms with E-state index in [-0.39, 0.29) is 6.04 Å². The Morgan fingerprint density at radius 2 is 1.70 bits per heavy atom. The molecule has 0 amide bonds. The van der Waals surface area contributed by atoms with Crippen molar-refractivity contribution in [3.8, 4) is 11.3 Å². The topological polar surface area (TPSA) is 62.7 Å². The third kappa shape index (κ3) is 4.74. The smallest absolute Gasteiger partial charge is 0.225 e. The van der Waals surface area contributed by atoms with Crippen LogP contribution in [0, 0.1) is 13.8 Å². The zero-order chi connectivity index (χ0) is 19.4. The molecule has 3 rings (SSSR count). The number of nitrogens with zero attached hydrogens (tertiary/aromatic N) is 3. The quantitative estimate of drug-likeness (QED) is 0.568. The molecule has 2 N–H and O–H groups in total. The first-order valence-corrected chi connectivity index (χ1v) is 9.44. The number of nitrogens with one attached hydrogen (secondary N) is 2. The Balaban J connectivity index is 2.02. The molecule has 5 nitrogen and oxygen atoms in total. The van der Waals surface area contributed by atoms with Crippen LogP contribution in [-0.4, -0.2) is 21.0 Å². The molecule has 140 valence electrons. The molecule has 2 aromatic heterocycles. The number of aryl methyl sites for hydroxylation is 2. The molecule has 1 aromatic carbocycles. The fraction of sp³-hybridized carbons (Fsp3) is 0.286. The molecule has 0 unspecified atom stereocenters. The first kappa shape index (κ1) is 19.1. The number of benzene rings is 1. The molecule has 2 heterocycles. The fourth-order valence-electron chi connectivity index (χ4n) is 2.80. The van der Waals surface area contributed by atoms with Crippen LogP contribution in [0.2, 0.25) is 5.02 Å². The largest absolute Gasteiger partial charge is 0.352 e. The van der Waals surface area contributed by atoms with E-state index in [1.54, 1.807) is 12.4 Å². The highest BCUT2D eigenvalue weighted by Crippen LogP contribution is 2.29. The molecule has 0 aliphatic rings. The lowest BCUT2D eigenvalue weighted by Crippen LogP contribution is -2.16. The molecule has 1 atom stereocenters. The van der Waals surface area contributed by atoms with Gasteiger partial charge in [-0.25, -0.2) is 4.98 Å². The molecule has 0 spiro atoms. The number of anilines is 3. The van der Waals surface area contributed by atoms with Crippen molar-refractivity contribution in [2.45, 2.75) is 40.2 Å². The monoisotopic (exact) mass is 381 g/mol. The Labute approximate surface area is 165 Å². The molecule has 0 radical (unpaired) electrons. The molecule has 6 heteroatoms. The van der Waals surface area contributed by atoms with E-state index in [1.807, 2.05) is 44.2 Å². The number of hydrogen-bond acceptors (Lipinski definition) is 5. The number of aromatic nitrogens is 3. The molecule has 0 aliphatic heterocycles. The predicted molar refractivity (Wildman–Crippen MR) is 113 cm³/mol. The van der Waals surface area contributed by atoms with Crippen molar-refractivity contribution in [3.05, 3.63) is 58.9 Å². The van der Waals surface area contributed by atoms with Crippen molar-refractivity contribution < 1.29 is 0 Å². The molecule has 0 saturated carbocycles. The maximum Gasteiger partial charge on any atom is 0.225 e. The van der Waals surface area contributed by atoms with Crippen molar-refractivity contribution in [3.63, 3.8) is 0 Å². The van der Waals surface area contributed by atoms with Gasteiger partial charge >= 0.3 is 0 Å². The zero-order valence-electron chi connectivity index (χ0n) is 16.0. The van der Waals surface area contributed by atoms with Gasteiger partial charge in [0.2, 0.25) is 5.95 Å². The van der Waals surface area contributed by atoms with Crippen LogP contribution in [0.5, 0.6) is 0 Å². The van der Waals surface area contributed by atoms with Crippen LogP contribution in [0.4, 0.5) is 17.5 Å². The summed E-state index contributed by atoms with van der Waals surface area (Å²) < 4.78 is 0. The minimum Gasteiger partial charge on any atom is -0.352 e. The van der Waals surface area contributed by atoms with Crippen molar-refractivity contribution in [2.24, 2.45) is 0 Å². The maximum absolute atomic E-state index is 6.16. The van der Waals surface area contributed by atoms with E-state index in [9.17, 15) is 0 Å². The minimum atomic E-state index is 0.282. The summed E-state index contributed by atoms with van der Waals surface area (Å²) in [5.74, 6) is 1.33. The summed E-state index contributed by atoms with van der Waals surface area (Å²) in [5.41, 5.74) is 4.98. The number of rotatable bonds is 6. The van der Waals surface area contributed by atoms with Crippen LogP contribution in [0.15, 0.2) is 42.7 Å².